The van der Waals surface area contributed by atoms with Crippen LogP contribution in [0.15, 0.2) is 24.3 Å². The number of likely N-dealkylation sites (tertiary alicyclic amines) is 1. The van der Waals surface area contributed by atoms with Gasteiger partial charge in [-0.2, -0.15) is 0 Å². The molecule has 5 heteroatoms. The molecule has 0 bridgehead atoms. The van der Waals surface area contributed by atoms with E-state index in [1.165, 1.54) is 32.4 Å². The zero-order chi connectivity index (χ0) is 18.8. The molecule has 1 aromatic carbocycles. The van der Waals surface area contributed by atoms with Crippen molar-refractivity contribution >= 4 is 11.6 Å². The summed E-state index contributed by atoms with van der Waals surface area (Å²) in [5.74, 6) is 0.737. The third-order valence-electron chi connectivity index (χ3n) is 4.91. The van der Waals surface area contributed by atoms with Crippen LogP contribution < -0.4 is 10.1 Å². The van der Waals surface area contributed by atoms with E-state index in [0.717, 1.165) is 24.4 Å². The minimum Gasteiger partial charge on any atom is -0.492 e. The van der Waals surface area contributed by atoms with Crippen LogP contribution in [0, 0.1) is 0 Å². The largest absolute Gasteiger partial charge is 0.492 e. The van der Waals surface area contributed by atoms with Gasteiger partial charge in [-0.05, 0) is 70.5 Å². The summed E-state index contributed by atoms with van der Waals surface area (Å²) >= 11 is 0. The molecule has 1 amide bonds. The Balaban J connectivity index is 1.81. The number of nitrogens with one attached hydrogen (secondary N) is 1. The SMILES string of the molecule is CCC[C@](C)(OCC)C(=O)Nc1ccc(OCCN2CCCCC2)cc1. The van der Waals surface area contributed by atoms with Gasteiger partial charge in [-0.25, -0.2) is 0 Å². The second-order valence-electron chi connectivity index (χ2n) is 7.14. The van der Waals surface area contributed by atoms with Crippen molar-refractivity contribution in [1.29, 1.82) is 0 Å². The van der Waals surface area contributed by atoms with E-state index in [9.17, 15) is 4.79 Å². The lowest BCUT2D eigenvalue weighted by Crippen LogP contribution is -2.42. The molecule has 0 aromatic heterocycles. The maximum Gasteiger partial charge on any atom is 0.256 e. The summed E-state index contributed by atoms with van der Waals surface area (Å²) in [5.41, 5.74) is -0.0203. The van der Waals surface area contributed by atoms with Crippen LogP contribution in [0.25, 0.3) is 0 Å². The molecule has 0 spiro atoms. The number of hydrogen-bond donors (Lipinski definition) is 1. The van der Waals surface area contributed by atoms with Crippen LogP contribution in [0.4, 0.5) is 5.69 Å². The van der Waals surface area contributed by atoms with Crippen LogP contribution in [-0.4, -0.2) is 49.3 Å². The van der Waals surface area contributed by atoms with E-state index < -0.39 is 5.60 Å². The first-order valence-electron chi connectivity index (χ1n) is 9.98. The molecule has 0 radical (unpaired) electrons. The molecule has 1 aliphatic rings. The van der Waals surface area contributed by atoms with Crippen LogP contribution in [-0.2, 0) is 9.53 Å². The van der Waals surface area contributed by atoms with Gasteiger partial charge in [0.15, 0.2) is 0 Å². The van der Waals surface area contributed by atoms with Crippen molar-refractivity contribution in [2.24, 2.45) is 0 Å². The van der Waals surface area contributed by atoms with Crippen LogP contribution in [0.5, 0.6) is 5.75 Å². The first kappa shape index (κ1) is 20.7. The second-order valence-corrected chi connectivity index (χ2v) is 7.14. The summed E-state index contributed by atoms with van der Waals surface area (Å²) in [6.07, 6.45) is 5.55. The maximum absolute atomic E-state index is 12.6. The van der Waals surface area contributed by atoms with Gasteiger partial charge >= 0.3 is 0 Å². The molecule has 5 nitrogen and oxygen atoms in total. The Morgan fingerprint density at radius 3 is 2.46 bits per heavy atom. The average molecular weight is 363 g/mol. The molecule has 2 rings (SSSR count). The van der Waals surface area contributed by atoms with E-state index in [1.54, 1.807) is 0 Å². The predicted octanol–water partition coefficient (Wildman–Crippen LogP) is 4.09. The van der Waals surface area contributed by atoms with Gasteiger partial charge in [0.25, 0.3) is 5.91 Å². The quantitative estimate of drug-likeness (QED) is 0.681. The molecule has 1 fully saturated rings. The molecule has 1 aromatic rings. The molecule has 1 heterocycles. The van der Waals surface area contributed by atoms with Gasteiger partial charge in [0.05, 0.1) is 0 Å². The minimum atomic E-state index is -0.785. The monoisotopic (exact) mass is 362 g/mol. The maximum atomic E-state index is 12.6. The van der Waals surface area contributed by atoms with Crippen LogP contribution in [0.1, 0.15) is 52.9 Å². The van der Waals surface area contributed by atoms with Gasteiger partial charge in [-0.1, -0.05) is 19.8 Å². The average Bonchev–Trinajstić information content (AvgIpc) is 2.64. The number of rotatable bonds is 10. The molecule has 0 unspecified atom stereocenters. The Hall–Kier alpha value is -1.59. The van der Waals surface area contributed by atoms with Gasteiger partial charge in [-0.3, -0.25) is 9.69 Å². The zero-order valence-corrected chi connectivity index (χ0v) is 16.6. The van der Waals surface area contributed by atoms with E-state index in [0.29, 0.717) is 19.6 Å². The van der Waals surface area contributed by atoms with Crippen LogP contribution in [0.2, 0.25) is 0 Å². The topological polar surface area (TPSA) is 50.8 Å². The summed E-state index contributed by atoms with van der Waals surface area (Å²) in [6.45, 7) is 10.4. The van der Waals surface area contributed by atoms with Crippen molar-refractivity contribution in [3.8, 4) is 5.75 Å². The normalized spacial score (nSPS) is 17.5. The third-order valence-corrected chi connectivity index (χ3v) is 4.91. The van der Waals surface area contributed by atoms with Crippen molar-refractivity contribution in [1.82, 2.24) is 4.90 Å². The van der Waals surface area contributed by atoms with Gasteiger partial charge in [0, 0.05) is 18.8 Å². The Morgan fingerprint density at radius 1 is 1.15 bits per heavy atom. The molecule has 1 atom stereocenters. The van der Waals surface area contributed by atoms with E-state index in [4.69, 9.17) is 9.47 Å². The van der Waals surface area contributed by atoms with Crippen molar-refractivity contribution in [2.45, 2.75) is 58.5 Å². The fourth-order valence-corrected chi connectivity index (χ4v) is 3.42. The van der Waals surface area contributed by atoms with E-state index in [1.807, 2.05) is 38.1 Å². The Kier molecular flexibility index (Phi) is 8.39. The number of amides is 1. The van der Waals surface area contributed by atoms with Gasteiger partial charge < -0.3 is 14.8 Å². The lowest BCUT2D eigenvalue weighted by Gasteiger charge is -2.28. The molecule has 0 saturated carbocycles. The third kappa shape index (κ3) is 6.29. The standard InChI is InChI=1S/C21H34N2O3/c1-4-13-21(3,26-5-2)20(24)22-18-9-11-19(12-10-18)25-17-16-23-14-7-6-8-15-23/h9-12H,4-8,13-17H2,1-3H3,(H,22,24)/t21-/m0/s1. The Morgan fingerprint density at radius 2 is 1.85 bits per heavy atom. The summed E-state index contributed by atoms with van der Waals surface area (Å²) in [4.78, 5) is 15.0. The fourth-order valence-electron chi connectivity index (χ4n) is 3.42. The number of benzene rings is 1. The minimum absolute atomic E-state index is 0.0973. The fraction of sp³-hybridized carbons (Fsp3) is 0.667. The second kappa shape index (κ2) is 10.5. The molecular weight excluding hydrogens is 328 g/mol. The van der Waals surface area contributed by atoms with Crippen LogP contribution >= 0.6 is 0 Å². The highest BCUT2D eigenvalue weighted by atomic mass is 16.5. The molecule has 146 valence electrons. The summed E-state index contributed by atoms with van der Waals surface area (Å²) in [5, 5.41) is 2.96. The first-order valence-corrected chi connectivity index (χ1v) is 9.98. The Labute approximate surface area is 158 Å². The number of carbonyl (C=O) groups is 1. The molecule has 1 aliphatic heterocycles. The van der Waals surface area contributed by atoms with Crippen molar-refractivity contribution in [2.75, 3.05) is 38.2 Å². The summed E-state index contributed by atoms with van der Waals surface area (Å²) in [7, 11) is 0. The highest BCUT2D eigenvalue weighted by molar-refractivity contribution is 5.97. The molecule has 26 heavy (non-hydrogen) atoms. The smallest absolute Gasteiger partial charge is 0.256 e. The van der Waals surface area contributed by atoms with Crippen molar-refractivity contribution in [3.05, 3.63) is 24.3 Å². The number of nitrogens with zero attached hydrogens (tertiary/aromatic N) is 1. The number of hydrogen-bond acceptors (Lipinski definition) is 4. The van der Waals surface area contributed by atoms with Gasteiger partial charge in [0.2, 0.25) is 0 Å². The number of ether oxygens (including phenoxy) is 2. The highest BCUT2D eigenvalue weighted by Crippen LogP contribution is 2.22. The van der Waals surface area contributed by atoms with Crippen LogP contribution in [0.3, 0.4) is 0 Å². The predicted molar refractivity (Wildman–Crippen MR) is 106 cm³/mol. The number of anilines is 1. The first-order chi connectivity index (χ1) is 12.6. The van der Waals surface area contributed by atoms with Gasteiger partial charge in [0.1, 0.15) is 18.0 Å². The Bertz CT molecular complexity index is 533. The molecule has 0 aliphatic carbocycles. The molecule has 1 N–H and O–H groups in total. The van der Waals surface area contributed by atoms with Gasteiger partial charge in [-0.15, -0.1) is 0 Å². The summed E-state index contributed by atoms with van der Waals surface area (Å²) < 4.78 is 11.5. The van der Waals surface area contributed by atoms with E-state index in [2.05, 4.69) is 17.1 Å². The molecular formula is C21H34N2O3. The zero-order valence-electron chi connectivity index (χ0n) is 16.6. The number of piperidine rings is 1. The highest BCUT2D eigenvalue weighted by Gasteiger charge is 2.32. The van der Waals surface area contributed by atoms with Crippen molar-refractivity contribution in [3.63, 3.8) is 0 Å². The van der Waals surface area contributed by atoms with Crippen molar-refractivity contribution < 1.29 is 14.3 Å². The summed E-state index contributed by atoms with van der Waals surface area (Å²) in [6, 6.07) is 7.58. The van der Waals surface area contributed by atoms with E-state index >= 15 is 0 Å². The lowest BCUT2D eigenvalue weighted by molar-refractivity contribution is -0.139. The number of carbonyl (C=O) groups excluding carboxylic acids is 1. The molecule has 1 saturated heterocycles. The lowest BCUT2D eigenvalue weighted by atomic mass is 9.99. The van der Waals surface area contributed by atoms with E-state index in [-0.39, 0.29) is 5.91 Å².